The van der Waals surface area contributed by atoms with Gasteiger partial charge in [-0.1, -0.05) is 12.1 Å². The van der Waals surface area contributed by atoms with E-state index < -0.39 is 0 Å². The molecule has 1 aromatic carbocycles. The molecule has 10 heteroatoms. The number of carbonyl (C=O) groups is 1. The van der Waals surface area contributed by atoms with Crippen molar-refractivity contribution in [2.24, 2.45) is 5.73 Å². The Balaban J connectivity index is 0.00000204. The Hall–Kier alpha value is -2.39. The van der Waals surface area contributed by atoms with Crippen molar-refractivity contribution in [1.82, 2.24) is 14.5 Å². The monoisotopic (exact) mass is 512 g/mol. The molecule has 1 fully saturated rings. The van der Waals surface area contributed by atoms with Gasteiger partial charge in [0.2, 0.25) is 0 Å². The van der Waals surface area contributed by atoms with Crippen molar-refractivity contribution in [2.45, 2.75) is 31.8 Å². The molecule has 3 heterocycles. The number of amides is 1. The van der Waals surface area contributed by atoms with Crippen molar-refractivity contribution < 1.29 is 18.7 Å². The first-order valence-electron chi connectivity index (χ1n) is 10.9. The zero-order valence-corrected chi connectivity index (χ0v) is 21.0. The molecule has 0 radical (unpaired) electrons. The van der Waals surface area contributed by atoms with Crippen LogP contribution in [0.5, 0.6) is 5.75 Å². The predicted octanol–water partition coefficient (Wildman–Crippen LogP) is 4.15. The third-order valence-corrected chi connectivity index (χ3v) is 6.22. The third kappa shape index (κ3) is 5.46. The zero-order chi connectivity index (χ0) is 22.7. The maximum absolute atomic E-state index is 14.4. The van der Waals surface area contributed by atoms with E-state index in [1.165, 1.54) is 6.07 Å². The van der Waals surface area contributed by atoms with Gasteiger partial charge in [0.25, 0.3) is 5.91 Å². The molecule has 0 atom stereocenters. The first-order chi connectivity index (χ1) is 15.6. The summed E-state index contributed by atoms with van der Waals surface area (Å²) in [6.45, 7) is 2.60. The number of hydrogen-bond donors (Lipinski definition) is 1. The summed E-state index contributed by atoms with van der Waals surface area (Å²) in [4.78, 5) is 19.7. The Morgan fingerprint density at radius 2 is 1.94 bits per heavy atom. The highest BCUT2D eigenvalue weighted by atomic mass is 35.5. The Morgan fingerprint density at radius 3 is 2.59 bits per heavy atom. The molecule has 0 aliphatic carbocycles. The number of aromatic nitrogens is 2. The fourth-order valence-corrected chi connectivity index (χ4v) is 4.48. The number of nitrogens with two attached hydrogens (primary N) is 1. The number of rotatable bonds is 7. The molecule has 34 heavy (non-hydrogen) atoms. The minimum Gasteiger partial charge on any atom is -0.494 e. The summed E-state index contributed by atoms with van der Waals surface area (Å²) in [7, 11) is 3.25. The van der Waals surface area contributed by atoms with Gasteiger partial charge < -0.3 is 24.7 Å². The molecule has 1 amide bonds. The molecule has 0 spiro atoms. The van der Waals surface area contributed by atoms with Crippen LogP contribution in [0.25, 0.3) is 11.0 Å². The molecule has 2 aromatic heterocycles. The van der Waals surface area contributed by atoms with Crippen molar-refractivity contribution in [3.8, 4) is 5.75 Å². The van der Waals surface area contributed by atoms with E-state index in [1.54, 1.807) is 32.5 Å². The SMILES string of the molecule is COCCn1cc(C(=O)N2CCC(c3cc(CN)ccc3F)CC2)c2nccc(OC)c21.Cl.Cl. The van der Waals surface area contributed by atoms with Gasteiger partial charge in [0.1, 0.15) is 22.6 Å². The van der Waals surface area contributed by atoms with Crippen LogP contribution >= 0.6 is 24.8 Å². The van der Waals surface area contributed by atoms with E-state index in [4.69, 9.17) is 15.2 Å². The number of ether oxygens (including phenoxy) is 2. The van der Waals surface area contributed by atoms with E-state index in [0.29, 0.717) is 68.0 Å². The molecule has 4 rings (SSSR count). The molecular formula is C24H31Cl2FN4O3. The van der Waals surface area contributed by atoms with Gasteiger partial charge in [-0.15, -0.1) is 24.8 Å². The summed E-state index contributed by atoms with van der Waals surface area (Å²) >= 11 is 0. The van der Waals surface area contributed by atoms with Gasteiger partial charge in [0.05, 0.1) is 19.3 Å². The lowest BCUT2D eigenvalue weighted by molar-refractivity contribution is 0.0713. The average Bonchev–Trinajstić information content (AvgIpc) is 3.21. The van der Waals surface area contributed by atoms with E-state index in [-0.39, 0.29) is 42.5 Å². The summed E-state index contributed by atoms with van der Waals surface area (Å²) < 4.78 is 27.1. The van der Waals surface area contributed by atoms with Crippen molar-refractivity contribution in [3.63, 3.8) is 0 Å². The van der Waals surface area contributed by atoms with Crippen LogP contribution in [0.1, 0.15) is 40.2 Å². The Bertz CT molecular complexity index is 1120. The van der Waals surface area contributed by atoms with Crippen LogP contribution in [0.3, 0.4) is 0 Å². The van der Waals surface area contributed by atoms with E-state index in [9.17, 15) is 9.18 Å². The number of benzene rings is 1. The lowest BCUT2D eigenvalue weighted by Gasteiger charge is -2.32. The normalized spacial score (nSPS) is 13.9. The highest BCUT2D eigenvalue weighted by molar-refractivity contribution is 6.06. The number of likely N-dealkylation sites (tertiary alicyclic amines) is 1. The minimum absolute atomic E-state index is 0. The molecule has 0 saturated carbocycles. The van der Waals surface area contributed by atoms with Gasteiger partial charge in [-0.3, -0.25) is 9.78 Å². The van der Waals surface area contributed by atoms with Crippen LogP contribution in [0.2, 0.25) is 0 Å². The molecule has 0 unspecified atom stereocenters. The van der Waals surface area contributed by atoms with Gasteiger partial charge >= 0.3 is 0 Å². The maximum atomic E-state index is 14.4. The Morgan fingerprint density at radius 1 is 1.21 bits per heavy atom. The summed E-state index contributed by atoms with van der Waals surface area (Å²) in [5.41, 5.74) is 9.29. The minimum atomic E-state index is -0.204. The standard InChI is InChI=1S/C24H29FN4O3.2ClH/c1-31-12-11-29-15-19(22-23(29)21(32-2)5-8-27-22)24(30)28-9-6-17(7-10-28)18-13-16(14-26)3-4-20(18)25;;/h3-5,8,13,15,17H,6-7,9-12,14,26H2,1-2H3;2*1H. The number of hydrogen-bond acceptors (Lipinski definition) is 5. The van der Waals surface area contributed by atoms with Gasteiger partial charge in [-0.05, 0) is 36.0 Å². The largest absolute Gasteiger partial charge is 0.494 e. The van der Waals surface area contributed by atoms with Crippen LogP contribution in [0, 0.1) is 5.82 Å². The number of halogens is 3. The average molecular weight is 513 g/mol. The van der Waals surface area contributed by atoms with Crippen molar-refractivity contribution >= 4 is 41.8 Å². The number of carbonyl (C=O) groups excluding carboxylic acids is 1. The zero-order valence-electron chi connectivity index (χ0n) is 19.3. The van der Waals surface area contributed by atoms with Crippen LogP contribution in [-0.2, 0) is 17.8 Å². The van der Waals surface area contributed by atoms with Crippen LogP contribution < -0.4 is 10.5 Å². The topological polar surface area (TPSA) is 82.6 Å². The van der Waals surface area contributed by atoms with Gasteiger partial charge in [0.15, 0.2) is 0 Å². The second kappa shape index (κ2) is 12.4. The number of nitrogens with zero attached hydrogens (tertiary/aromatic N) is 3. The van der Waals surface area contributed by atoms with Crippen LogP contribution in [0.4, 0.5) is 4.39 Å². The van der Waals surface area contributed by atoms with Crippen molar-refractivity contribution in [1.29, 1.82) is 0 Å². The predicted molar refractivity (Wildman–Crippen MR) is 135 cm³/mol. The molecule has 1 aliphatic rings. The second-order valence-corrected chi connectivity index (χ2v) is 8.07. The van der Waals surface area contributed by atoms with E-state index in [1.807, 2.05) is 21.7 Å². The molecule has 7 nitrogen and oxygen atoms in total. The highest BCUT2D eigenvalue weighted by Gasteiger charge is 2.29. The first kappa shape index (κ1) is 27.9. The van der Waals surface area contributed by atoms with E-state index in [2.05, 4.69) is 4.98 Å². The molecule has 186 valence electrons. The number of pyridine rings is 1. The fourth-order valence-electron chi connectivity index (χ4n) is 4.48. The summed E-state index contributed by atoms with van der Waals surface area (Å²) in [6, 6.07) is 6.85. The third-order valence-electron chi connectivity index (χ3n) is 6.22. The van der Waals surface area contributed by atoms with Crippen LogP contribution in [-0.4, -0.2) is 54.3 Å². The number of piperidine rings is 1. The number of methoxy groups -OCH3 is 2. The highest BCUT2D eigenvalue weighted by Crippen LogP contribution is 2.33. The summed E-state index contributed by atoms with van der Waals surface area (Å²) in [6.07, 6.45) is 4.89. The Kier molecular flexibility index (Phi) is 10.1. The molecule has 2 N–H and O–H groups in total. The maximum Gasteiger partial charge on any atom is 0.257 e. The summed E-state index contributed by atoms with van der Waals surface area (Å²) in [5, 5.41) is 0. The van der Waals surface area contributed by atoms with Crippen molar-refractivity contribution in [3.05, 3.63) is 59.2 Å². The summed E-state index contributed by atoms with van der Waals surface area (Å²) in [5.74, 6) is 0.469. The van der Waals surface area contributed by atoms with Crippen molar-refractivity contribution in [2.75, 3.05) is 33.9 Å². The van der Waals surface area contributed by atoms with Gasteiger partial charge in [0, 0.05) is 51.7 Å². The lowest BCUT2D eigenvalue weighted by atomic mass is 9.88. The quantitative estimate of drug-likeness (QED) is 0.514. The Labute approximate surface area is 211 Å². The van der Waals surface area contributed by atoms with E-state index in [0.717, 1.165) is 11.1 Å². The molecular weight excluding hydrogens is 482 g/mol. The van der Waals surface area contributed by atoms with E-state index >= 15 is 0 Å². The second-order valence-electron chi connectivity index (χ2n) is 8.07. The van der Waals surface area contributed by atoms with Gasteiger partial charge in [-0.25, -0.2) is 4.39 Å². The molecule has 3 aromatic rings. The first-order valence-corrected chi connectivity index (χ1v) is 10.9. The smallest absolute Gasteiger partial charge is 0.257 e. The van der Waals surface area contributed by atoms with Crippen LogP contribution in [0.15, 0.2) is 36.7 Å². The fraction of sp³-hybridized carbons (Fsp3) is 0.417. The van der Waals surface area contributed by atoms with Gasteiger partial charge in [-0.2, -0.15) is 0 Å². The lowest BCUT2D eigenvalue weighted by Crippen LogP contribution is -2.38. The molecule has 0 bridgehead atoms. The number of fused-ring (bicyclic) bond motifs is 1. The molecule has 1 aliphatic heterocycles. The molecule has 1 saturated heterocycles.